The van der Waals surface area contributed by atoms with Gasteiger partial charge in [0.25, 0.3) is 0 Å². The Bertz CT molecular complexity index is 316. The molecule has 1 aliphatic rings. The molecule has 0 aromatic rings. The molecule has 6 heteroatoms. The molecule has 102 valence electrons. The van der Waals surface area contributed by atoms with E-state index in [1.165, 1.54) is 0 Å². The summed E-state index contributed by atoms with van der Waals surface area (Å²) in [5.74, 6) is -0.00399. The Hall–Kier alpha value is -1.16. The van der Waals surface area contributed by atoms with Crippen LogP contribution in [0.25, 0.3) is 0 Å². The fourth-order valence-corrected chi connectivity index (χ4v) is 1.84. The van der Waals surface area contributed by atoms with Crippen molar-refractivity contribution >= 4 is 5.91 Å². The second kappa shape index (κ2) is 7.31. The van der Waals surface area contributed by atoms with Crippen molar-refractivity contribution in [1.82, 2.24) is 9.80 Å². The molecule has 2 unspecified atom stereocenters. The van der Waals surface area contributed by atoms with Crippen molar-refractivity contribution < 1.29 is 14.6 Å². The van der Waals surface area contributed by atoms with Crippen LogP contribution in [0.5, 0.6) is 0 Å². The lowest BCUT2D eigenvalue weighted by Gasteiger charge is -2.37. The fraction of sp³-hybridized carbons (Fsp3) is 0.833. The van der Waals surface area contributed by atoms with Gasteiger partial charge in [-0.3, -0.25) is 9.69 Å². The van der Waals surface area contributed by atoms with Gasteiger partial charge in [0, 0.05) is 26.2 Å². The van der Waals surface area contributed by atoms with Crippen molar-refractivity contribution in [2.24, 2.45) is 0 Å². The lowest BCUT2D eigenvalue weighted by molar-refractivity contribution is -0.136. The summed E-state index contributed by atoms with van der Waals surface area (Å²) in [6.45, 7) is 3.83. The number of hydrogen-bond donors (Lipinski definition) is 1. The number of nitrogens with zero attached hydrogens (tertiary/aromatic N) is 3. The van der Waals surface area contributed by atoms with Crippen LogP contribution in [-0.2, 0) is 9.53 Å². The van der Waals surface area contributed by atoms with Gasteiger partial charge in [-0.2, -0.15) is 5.26 Å². The first kappa shape index (κ1) is 14.9. The van der Waals surface area contributed by atoms with Crippen LogP contribution in [0.3, 0.4) is 0 Å². The van der Waals surface area contributed by atoms with Crippen molar-refractivity contribution in [2.75, 3.05) is 39.9 Å². The van der Waals surface area contributed by atoms with Crippen molar-refractivity contribution in [2.45, 2.75) is 25.5 Å². The third-order valence-corrected chi connectivity index (χ3v) is 3.16. The number of ether oxygens (including phenoxy) is 1. The molecule has 0 aliphatic carbocycles. The molecule has 0 saturated carbocycles. The summed E-state index contributed by atoms with van der Waals surface area (Å²) in [4.78, 5) is 15.5. The van der Waals surface area contributed by atoms with Gasteiger partial charge in [-0.25, -0.2) is 0 Å². The fourth-order valence-electron chi connectivity index (χ4n) is 1.84. The minimum atomic E-state index is -0.210. The van der Waals surface area contributed by atoms with Gasteiger partial charge in [0.15, 0.2) is 0 Å². The van der Waals surface area contributed by atoms with Crippen LogP contribution in [0.2, 0.25) is 0 Å². The van der Waals surface area contributed by atoms with Crippen molar-refractivity contribution in [3.8, 4) is 6.07 Å². The third kappa shape index (κ3) is 4.26. The van der Waals surface area contributed by atoms with E-state index in [-0.39, 0.29) is 24.7 Å². The van der Waals surface area contributed by atoms with Crippen molar-refractivity contribution in [1.29, 1.82) is 5.26 Å². The van der Waals surface area contributed by atoms with Crippen LogP contribution in [-0.4, -0.2) is 72.9 Å². The van der Waals surface area contributed by atoms with Crippen LogP contribution >= 0.6 is 0 Å². The Kier molecular flexibility index (Phi) is 6.05. The molecule has 6 nitrogen and oxygen atoms in total. The average molecular weight is 255 g/mol. The Morgan fingerprint density at radius 2 is 2.39 bits per heavy atom. The number of carbonyl (C=O) groups excluding carboxylic acids is 1. The number of amides is 1. The molecule has 0 radical (unpaired) electrons. The van der Waals surface area contributed by atoms with Gasteiger partial charge in [-0.15, -0.1) is 0 Å². The summed E-state index contributed by atoms with van der Waals surface area (Å²) in [5.41, 5.74) is 0. The molecule has 0 aromatic carbocycles. The molecule has 1 fully saturated rings. The van der Waals surface area contributed by atoms with Gasteiger partial charge in [0.2, 0.25) is 5.91 Å². The normalized spacial score (nSPS) is 24.6. The van der Waals surface area contributed by atoms with Gasteiger partial charge in [-0.05, 0) is 6.92 Å². The SMILES string of the molecule is CC1COC(CO)CN1CC(=O)N(C)CCC#N. The Balaban J connectivity index is 2.44. The molecular formula is C12H21N3O3. The van der Waals surface area contributed by atoms with Gasteiger partial charge in [-0.1, -0.05) is 0 Å². The first-order valence-corrected chi connectivity index (χ1v) is 6.16. The van der Waals surface area contributed by atoms with E-state index in [0.717, 1.165) is 0 Å². The maximum Gasteiger partial charge on any atom is 0.236 e. The molecule has 1 heterocycles. The zero-order valence-electron chi connectivity index (χ0n) is 11.0. The van der Waals surface area contributed by atoms with Crippen molar-refractivity contribution in [3.05, 3.63) is 0 Å². The highest BCUT2D eigenvalue weighted by Crippen LogP contribution is 2.11. The minimum Gasteiger partial charge on any atom is -0.394 e. The summed E-state index contributed by atoms with van der Waals surface area (Å²) in [6, 6.07) is 2.19. The maximum atomic E-state index is 11.9. The predicted molar refractivity (Wildman–Crippen MR) is 65.7 cm³/mol. The number of aliphatic hydroxyl groups is 1. The van der Waals surface area contributed by atoms with Gasteiger partial charge in [0.05, 0.1) is 38.4 Å². The van der Waals surface area contributed by atoms with Crippen LogP contribution in [0.4, 0.5) is 0 Å². The van der Waals surface area contributed by atoms with E-state index in [4.69, 9.17) is 15.1 Å². The average Bonchev–Trinajstić information content (AvgIpc) is 2.38. The van der Waals surface area contributed by atoms with Crippen LogP contribution in [0.15, 0.2) is 0 Å². The molecule has 0 spiro atoms. The molecule has 0 bridgehead atoms. The number of aliphatic hydroxyl groups excluding tert-OH is 1. The highest BCUT2D eigenvalue weighted by molar-refractivity contribution is 5.78. The van der Waals surface area contributed by atoms with Crippen LogP contribution in [0.1, 0.15) is 13.3 Å². The van der Waals surface area contributed by atoms with E-state index in [2.05, 4.69) is 0 Å². The third-order valence-electron chi connectivity index (χ3n) is 3.16. The minimum absolute atomic E-state index is 0.00399. The summed E-state index contributed by atoms with van der Waals surface area (Å²) >= 11 is 0. The standard InChI is InChI=1S/C12H21N3O3/c1-10-9-18-11(8-16)6-15(10)7-12(17)14(2)5-3-4-13/h10-11,16H,3,5-9H2,1-2H3. The Morgan fingerprint density at radius 3 is 3.00 bits per heavy atom. The summed E-state index contributed by atoms with van der Waals surface area (Å²) in [6.07, 6.45) is 0.138. The van der Waals surface area contributed by atoms with Crippen LogP contribution < -0.4 is 0 Å². The molecule has 0 aromatic heterocycles. The number of likely N-dealkylation sites (N-methyl/N-ethyl adjacent to an activating group) is 1. The summed E-state index contributed by atoms with van der Waals surface area (Å²) in [5, 5.41) is 17.6. The van der Waals surface area contributed by atoms with E-state index < -0.39 is 0 Å². The van der Waals surface area contributed by atoms with Gasteiger partial charge >= 0.3 is 0 Å². The molecule has 2 atom stereocenters. The highest BCUT2D eigenvalue weighted by Gasteiger charge is 2.27. The molecule has 1 N–H and O–H groups in total. The lowest BCUT2D eigenvalue weighted by atomic mass is 10.2. The van der Waals surface area contributed by atoms with E-state index in [1.54, 1.807) is 11.9 Å². The molecular weight excluding hydrogens is 234 g/mol. The second-order valence-electron chi connectivity index (χ2n) is 4.64. The molecule has 18 heavy (non-hydrogen) atoms. The number of carbonyl (C=O) groups is 1. The smallest absolute Gasteiger partial charge is 0.236 e. The van der Waals surface area contributed by atoms with Crippen molar-refractivity contribution in [3.63, 3.8) is 0 Å². The second-order valence-corrected chi connectivity index (χ2v) is 4.64. The van der Waals surface area contributed by atoms with Gasteiger partial charge in [0.1, 0.15) is 0 Å². The zero-order chi connectivity index (χ0) is 13.5. The topological polar surface area (TPSA) is 76.8 Å². The monoisotopic (exact) mass is 255 g/mol. The summed E-state index contributed by atoms with van der Waals surface area (Å²) in [7, 11) is 1.70. The number of rotatable bonds is 5. The Morgan fingerprint density at radius 1 is 1.67 bits per heavy atom. The quantitative estimate of drug-likeness (QED) is 0.712. The lowest BCUT2D eigenvalue weighted by Crippen LogP contribution is -2.52. The first-order valence-electron chi connectivity index (χ1n) is 6.16. The predicted octanol–water partition coefficient (Wildman–Crippen LogP) is -0.560. The number of nitriles is 1. The largest absolute Gasteiger partial charge is 0.394 e. The van der Waals surface area contributed by atoms with Crippen LogP contribution in [0, 0.1) is 11.3 Å². The first-order chi connectivity index (χ1) is 8.58. The zero-order valence-corrected chi connectivity index (χ0v) is 11.0. The Labute approximate surface area is 108 Å². The molecule has 1 rings (SSSR count). The number of hydrogen-bond acceptors (Lipinski definition) is 5. The molecule has 1 amide bonds. The van der Waals surface area contributed by atoms with Gasteiger partial charge < -0.3 is 14.7 Å². The van der Waals surface area contributed by atoms with E-state index in [0.29, 0.717) is 32.7 Å². The van der Waals surface area contributed by atoms with E-state index in [9.17, 15) is 4.79 Å². The molecule has 1 saturated heterocycles. The molecule has 1 aliphatic heterocycles. The number of morpholine rings is 1. The summed E-state index contributed by atoms with van der Waals surface area (Å²) < 4.78 is 5.42. The maximum absolute atomic E-state index is 11.9. The highest BCUT2D eigenvalue weighted by atomic mass is 16.5. The van der Waals surface area contributed by atoms with E-state index in [1.807, 2.05) is 17.9 Å². The van der Waals surface area contributed by atoms with E-state index >= 15 is 0 Å².